The standard InChI is InChI=1S/C25H23I/c1-25(2)23-14-17(20-9-5-7-16-6-3-4-8-19(16)20)10-12-21(23)22-13-11-18(26)15-24(22)25/h3-14,21,23-24H,15H2,1-2H3. The second-order valence-corrected chi connectivity index (χ2v) is 9.80. The number of allylic oxidation sites excluding steroid dienone is 8. The maximum Gasteiger partial charge on any atom is 0.00548 e. The Morgan fingerprint density at radius 2 is 1.81 bits per heavy atom. The highest BCUT2D eigenvalue weighted by Gasteiger charge is 2.51. The van der Waals surface area contributed by atoms with Gasteiger partial charge in [-0.3, -0.25) is 0 Å². The van der Waals surface area contributed by atoms with Gasteiger partial charge in [0.2, 0.25) is 0 Å². The summed E-state index contributed by atoms with van der Waals surface area (Å²) in [5.74, 6) is 1.81. The summed E-state index contributed by atoms with van der Waals surface area (Å²) < 4.78 is 1.49. The van der Waals surface area contributed by atoms with Gasteiger partial charge in [0.25, 0.3) is 0 Å². The predicted molar refractivity (Wildman–Crippen MR) is 120 cm³/mol. The Morgan fingerprint density at radius 1 is 1.00 bits per heavy atom. The van der Waals surface area contributed by atoms with Crippen molar-refractivity contribution in [2.24, 2.45) is 23.2 Å². The summed E-state index contributed by atoms with van der Waals surface area (Å²) in [5, 5.41) is 2.68. The zero-order chi connectivity index (χ0) is 17.9. The smallest absolute Gasteiger partial charge is 0.00548 e. The summed E-state index contributed by atoms with van der Waals surface area (Å²) in [4.78, 5) is 0. The van der Waals surface area contributed by atoms with Crippen LogP contribution in [0.4, 0.5) is 0 Å². The first-order valence-corrected chi connectivity index (χ1v) is 10.6. The van der Waals surface area contributed by atoms with E-state index in [-0.39, 0.29) is 0 Å². The van der Waals surface area contributed by atoms with Gasteiger partial charge in [-0.05, 0) is 71.8 Å². The zero-order valence-electron chi connectivity index (χ0n) is 15.2. The largest absolute Gasteiger partial charge is 0.0761 e. The highest BCUT2D eigenvalue weighted by Crippen LogP contribution is 2.60. The molecule has 1 heteroatoms. The SMILES string of the molecule is CC1(C)C2CC(I)=CC=C2C2C=CC(c3cccc4ccccc34)=CC21. The number of rotatable bonds is 1. The third kappa shape index (κ3) is 2.40. The topological polar surface area (TPSA) is 0 Å². The van der Waals surface area contributed by atoms with E-state index in [1.807, 2.05) is 0 Å². The number of hydrogen-bond acceptors (Lipinski definition) is 0. The molecular formula is C25H23I. The van der Waals surface area contributed by atoms with Crippen LogP contribution in [-0.4, -0.2) is 0 Å². The van der Waals surface area contributed by atoms with Gasteiger partial charge in [-0.1, -0.05) is 92.3 Å². The molecule has 2 aromatic carbocycles. The molecule has 2 aromatic rings. The van der Waals surface area contributed by atoms with Gasteiger partial charge in [-0.2, -0.15) is 0 Å². The second kappa shape index (κ2) is 5.95. The van der Waals surface area contributed by atoms with Crippen LogP contribution in [0.1, 0.15) is 25.8 Å². The minimum absolute atomic E-state index is 0.293. The van der Waals surface area contributed by atoms with E-state index in [0.29, 0.717) is 23.2 Å². The molecule has 1 fully saturated rings. The molecule has 0 aromatic heterocycles. The molecule has 0 spiro atoms. The average molecular weight is 450 g/mol. The van der Waals surface area contributed by atoms with Gasteiger partial charge in [0.1, 0.15) is 0 Å². The molecule has 130 valence electrons. The number of halogens is 1. The van der Waals surface area contributed by atoms with Crippen molar-refractivity contribution in [1.29, 1.82) is 0 Å². The highest BCUT2D eigenvalue weighted by molar-refractivity contribution is 14.1. The first-order chi connectivity index (χ1) is 12.6. The lowest BCUT2D eigenvalue weighted by Gasteiger charge is -2.34. The van der Waals surface area contributed by atoms with Crippen LogP contribution in [-0.2, 0) is 0 Å². The lowest BCUT2D eigenvalue weighted by Crippen LogP contribution is -2.26. The Balaban J connectivity index is 1.62. The van der Waals surface area contributed by atoms with E-state index in [0.717, 1.165) is 0 Å². The normalized spacial score (nSPS) is 28.9. The van der Waals surface area contributed by atoms with Crippen LogP contribution >= 0.6 is 22.6 Å². The Bertz CT molecular complexity index is 1010. The summed E-state index contributed by atoms with van der Waals surface area (Å²) >= 11 is 2.51. The molecule has 0 N–H and O–H groups in total. The van der Waals surface area contributed by atoms with E-state index < -0.39 is 0 Å². The lowest BCUT2D eigenvalue weighted by molar-refractivity contribution is 0.218. The van der Waals surface area contributed by atoms with Gasteiger partial charge in [0.15, 0.2) is 0 Å². The van der Waals surface area contributed by atoms with Crippen molar-refractivity contribution in [3.05, 3.63) is 87.6 Å². The van der Waals surface area contributed by atoms with Gasteiger partial charge in [-0.25, -0.2) is 0 Å². The Labute approximate surface area is 169 Å². The van der Waals surface area contributed by atoms with Crippen molar-refractivity contribution in [2.75, 3.05) is 0 Å². The van der Waals surface area contributed by atoms with Crippen LogP contribution in [0.15, 0.2) is 82.0 Å². The molecule has 0 saturated heterocycles. The van der Waals surface area contributed by atoms with Gasteiger partial charge < -0.3 is 0 Å². The monoisotopic (exact) mass is 450 g/mol. The number of fused-ring (bicyclic) bond motifs is 4. The highest BCUT2D eigenvalue weighted by atomic mass is 127. The van der Waals surface area contributed by atoms with Crippen LogP contribution in [0.5, 0.6) is 0 Å². The molecule has 0 amide bonds. The Morgan fingerprint density at radius 3 is 2.69 bits per heavy atom. The molecule has 0 bridgehead atoms. The first kappa shape index (κ1) is 16.6. The fourth-order valence-corrected chi connectivity index (χ4v) is 5.90. The maximum absolute atomic E-state index is 2.57. The van der Waals surface area contributed by atoms with Crippen molar-refractivity contribution in [1.82, 2.24) is 0 Å². The summed E-state index contributed by atoms with van der Waals surface area (Å²) in [6, 6.07) is 15.4. The van der Waals surface area contributed by atoms with Crippen LogP contribution < -0.4 is 0 Å². The van der Waals surface area contributed by atoms with E-state index in [9.17, 15) is 0 Å². The third-order valence-electron chi connectivity index (χ3n) is 6.73. The molecule has 26 heavy (non-hydrogen) atoms. The van der Waals surface area contributed by atoms with E-state index in [1.165, 1.54) is 31.9 Å². The molecule has 5 rings (SSSR count). The lowest BCUT2D eigenvalue weighted by atomic mass is 9.71. The van der Waals surface area contributed by atoms with Gasteiger partial charge in [0.05, 0.1) is 0 Å². The summed E-state index contributed by atoms with van der Waals surface area (Å²) in [5.41, 5.74) is 4.69. The van der Waals surface area contributed by atoms with Crippen molar-refractivity contribution < 1.29 is 0 Å². The number of hydrogen-bond donors (Lipinski definition) is 0. The van der Waals surface area contributed by atoms with Crippen LogP contribution in [0.2, 0.25) is 0 Å². The predicted octanol–water partition coefficient (Wildman–Crippen LogP) is 7.33. The molecule has 1 saturated carbocycles. The molecule has 0 aliphatic heterocycles. The minimum atomic E-state index is 0.293. The molecule has 0 radical (unpaired) electrons. The first-order valence-electron chi connectivity index (χ1n) is 9.50. The fourth-order valence-electron chi connectivity index (χ4n) is 5.28. The van der Waals surface area contributed by atoms with Crippen molar-refractivity contribution in [2.45, 2.75) is 20.3 Å². The van der Waals surface area contributed by atoms with Crippen molar-refractivity contribution in [3.63, 3.8) is 0 Å². The number of benzene rings is 2. The quantitative estimate of drug-likeness (QED) is 0.399. The van der Waals surface area contributed by atoms with Gasteiger partial charge >= 0.3 is 0 Å². The maximum atomic E-state index is 2.57. The summed E-state index contributed by atoms with van der Waals surface area (Å²) in [6.45, 7) is 4.95. The molecule has 3 atom stereocenters. The Kier molecular flexibility index (Phi) is 3.79. The average Bonchev–Trinajstić information content (AvgIpc) is 2.88. The fraction of sp³-hybridized carbons (Fsp3) is 0.280. The van der Waals surface area contributed by atoms with Crippen molar-refractivity contribution >= 4 is 38.9 Å². The van der Waals surface area contributed by atoms with Crippen LogP contribution in [0.25, 0.3) is 16.3 Å². The van der Waals surface area contributed by atoms with E-state index >= 15 is 0 Å². The molecule has 3 aliphatic rings. The molecular weight excluding hydrogens is 427 g/mol. The van der Waals surface area contributed by atoms with Gasteiger partial charge in [0, 0.05) is 5.92 Å². The Hall–Kier alpha value is -1.61. The van der Waals surface area contributed by atoms with E-state index in [4.69, 9.17) is 0 Å². The van der Waals surface area contributed by atoms with Crippen LogP contribution in [0, 0.1) is 23.2 Å². The molecule has 3 unspecified atom stereocenters. The second-order valence-electron chi connectivity index (χ2n) is 8.42. The third-order valence-corrected chi connectivity index (χ3v) is 7.53. The van der Waals surface area contributed by atoms with E-state index in [2.05, 4.69) is 109 Å². The molecule has 3 aliphatic carbocycles. The van der Waals surface area contributed by atoms with E-state index in [1.54, 1.807) is 5.57 Å². The molecule has 0 heterocycles. The minimum Gasteiger partial charge on any atom is -0.0761 e. The molecule has 0 nitrogen and oxygen atoms in total. The summed E-state index contributed by atoms with van der Waals surface area (Å²) in [6.07, 6.45) is 13.3. The summed E-state index contributed by atoms with van der Waals surface area (Å²) in [7, 11) is 0. The zero-order valence-corrected chi connectivity index (χ0v) is 17.4. The van der Waals surface area contributed by atoms with Gasteiger partial charge in [-0.15, -0.1) is 0 Å². The van der Waals surface area contributed by atoms with Crippen LogP contribution in [0.3, 0.4) is 0 Å². The van der Waals surface area contributed by atoms with Crippen molar-refractivity contribution in [3.8, 4) is 0 Å².